The van der Waals surface area contributed by atoms with Gasteiger partial charge in [-0.3, -0.25) is 0 Å². The van der Waals surface area contributed by atoms with Crippen molar-refractivity contribution in [2.45, 2.75) is 19.4 Å². The Morgan fingerprint density at radius 1 is 1.20 bits per heavy atom. The van der Waals surface area contributed by atoms with Crippen molar-refractivity contribution >= 4 is 0 Å². The molecule has 0 spiro atoms. The molecule has 102 valence electrons. The first-order valence-electron chi connectivity index (χ1n) is 6.72. The largest absolute Gasteiger partial charge is 0.456 e. The number of nitrogens with zero attached hydrogens (tertiary/aromatic N) is 1. The number of ether oxygens (including phenoxy) is 1. The zero-order valence-corrected chi connectivity index (χ0v) is 11.8. The molecule has 0 bridgehead atoms. The second kappa shape index (κ2) is 6.74. The quantitative estimate of drug-likeness (QED) is 0.889. The Hall–Kier alpha value is -2.31. The van der Waals surface area contributed by atoms with Crippen molar-refractivity contribution in [2.24, 2.45) is 0 Å². The van der Waals surface area contributed by atoms with Crippen LogP contribution in [0.15, 0.2) is 48.5 Å². The molecular weight excluding hydrogens is 248 g/mol. The van der Waals surface area contributed by atoms with Crippen LogP contribution in [-0.4, -0.2) is 7.05 Å². The Labute approximate surface area is 119 Å². The molecule has 2 rings (SSSR count). The molecule has 0 radical (unpaired) electrons. The van der Waals surface area contributed by atoms with Crippen molar-refractivity contribution in [3.05, 3.63) is 59.7 Å². The summed E-state index contributed by atoms with van der Waals surface area (Å²) >= 11 is 0. The van der Waals surface area contributed by atoms with Gasteiger partial charge in [0.1, 0.15) is 17.6 Å². The average Bonchev–Trinajstić information content (AvgIpc) is 2.49. The van der Waals surface area contributed by atoms with E-state index in [0.29, 0.717) is 17.4 Å². The van der Waals surface area contributed by atoms with Gasteiger partial charge in [-0.05, 0) is 43.3 Å². The highest BCUT2D eigenvalue weighted by Crippen LogP contribution is 2.27. The number of para-hydroxylation sites is 1. The summed E-state index contributed by atoms with van der Waals surface area (Å²) in [7, 11) is 1.95. The molecular formula is C17H18N2O. The monoisotopic (exact) mass is 266 g/mol. The molecule has 0 aliphatic carbocycles. The first-order chi connectivity index (χ1) is 9.78. The van der Waals surface area contributed by atoms with Gasteiger partial charge in [0.05, 0.1) is 5.56 Å². The first kappa shape index (κ1) is 14.1. The van der Waals surface area contributed by atoms with Crippen LogP contribution < -0.4 is 10.1 Å². The van der Waals surface area contributed by atoms with E-state index in [1.165, 1.54) is 5.56 Å². The number of benzene rings is 2. The minimum absolute atomic E-state index is 0.310. The Balaban J connectivity index is 2.26. The van der Waals surface area contributed by atoms with Crippen molar-refractivity contribution in [2.75, 3.05) is 7.05 Å². The third-order valence-corrected chi connectivity index (χ3v) is 3.25. The van der Waals surface area contributed by atoms with Crippen LogP contribution >= 0.6 is 0 Å². The van der Waals surface area contributed by atoms with Gasteiger partial charge in [-0.1, -0.05) is 31.2 Å². The highest BCUT2D eigenvalue weighted by Gasteiger charge is 2.08. The summed E-state index contributed by atoms with van der Waals surface area (Å²) in [6.45, 7) is 2.14. The molecule has 0 saturated carbocycles. The number of rotatable bonds is 5. The predicted molar refractivity (Wildman–Crippen MR) is 79.8 cm³/mol. The van der Waals surface area contributed by atoms with Gasteiger partial charge in [-0.2, -0.15) is 5.26 Å². The van der Waals surface area contributed by atoms with Gasteiger partial charge in [0.2, 0.25) is 0 Å². The maximum absolute atomic E-state index is 9.08. The lowest BCUT2D eigenvalue weighted by Crippen LogP contribution is -2.14. The highest BCUT2D eigenvalue weighted by atomic mass is 16.5. The lowest BCUT2D eigenvalue weighted by molar-refractivity contribution is 0.478. The lowest BCUT2D eigenvalue weighted by Gasteiger charge is -2.15. The summed E-state index contributed by atoms with van der Waals surface area (Å²) in [6.07, 6.45) is 1.01. The van der Waals surface area contributed by atoms with Crippen molar-refractivity contribution in [1.82, 2.24) is 5.32 Å². The number of nitrogens with one attached hydrogen (secondary N) is 1. The van der Waals surface area contributed by atoms with Gasteiger partial charge in [0.25, 0.3) is 0 Å². The highest BCUT2D eigenvalue weighted by molar-refractivity contribution is 5.45. The summed E-state index contributed by atoms with van der Waals surface area (Å²) < 4.78 is 5.83. The van der Waals surface area contributed by atoms with Crippen LogP contribution in [0.25, 0.3) is 0 Å². The Morgan fingerprint density at radius 3 is 2.70 bits per heavy atom. The molecule has 0 saturated heterocycles. The second-order valence-corrected chi connectivity index (χ2v) is 4.53. The molecule has 2 aromatic rings. The molecule has 1 unspecified atom stereocenters. The zero-order valence-electron chi connectivity index (χ0n) is 11.8. The van der Waals surface area contributed by atoms with Gasteiger partial charge in [0.15, 0.2) is 0 Å². The first-order valence-corrected chi connectivity index (χ1v) is 6.72. The van der Waals surface area contributed by atoms with Crippen molar-refractivity contribution in [3.8, 4) is 17.6 Å². The molecule has 20 heavy (non-hydrogen) atoms. The molecule has 0 aromatic heterocycles. The fourth-order valence-electron chi connectivity index (χ4n) is 2.18. The van der Waals surface area contributed by atoms with Crippen molar-refractivity contribution < 1.29 is 4.74 Å². The number of hydrogen-bond donors (Lipinski definition) is 1. The topological polar surface area (TPSA) is 45.0 Å². The third kappa shape index (κ3) is 3.17. The summed E-state index contributed by atoms with van der Waals surface area (Å²) in [6, 6.07) is 17.7. The second-order valence-electron chi connectivity index (χ2n) is 4.53. The van der Waals surface area contributed by atoms with E-state index in [-0.39, 0.29) is 0 Å². The van der Waals surface area contributed by atoms with E-state index < -0.39 is 0 Å². The van der Waals surface area contributed by atoms with Gasteiger partial charge in [-0.15, -0.1) is 0 Å². The van der Waals surface area contributed by atoms with E-state index in [1.807, 2.05) is 37.4 Å². The van der Waals surface area contributed by atoms with E-state index in [4.69, 9.17) is 10.00 Å². The summed E-state index contributed by atoms with van der Waals surface area (Å²) in [4.78, 5) is 0. The number of hydrogen-bond acceptors (Lipinski definition) is 3. The smallest absolute Gasteiger partial charge is 0.145 e. The van der Waals surface area contributed by atoms with Crippen LogP contribution in [0.1, 0.15) is 30.5 Å². The average molecular weight is 266 g/mol. The Kier molecular flexibility index (Phi) is 4.75. The molecule has 0 fully saturated rings. The van der Waals surface area contributed by atoms with Crippen molar-refractivity contribution in [1.29, 1.82) is 5.26 Å². The van der Waals surface area contributed by atoms with Crippen LogP contribution in [0, 0.1) is 11.3 Å². The summed E-state index contributed by atoms with van der Waals surface area (Å²) in [5.41, 5.74) is 1.72. The van der Waals surface area contributed by atoms with Gasteiger partial charge >= 0.3 is 0 Å². The summed E-state index contributed by atoms with van der Waals surface area (Å²) in [5.74, 6) is 1.34. The predicted octanol–water partition coefficient (Wildman–Crippen LogP) is 4.02. The summed E-state index contributed by atoms with van der Waals surface area (Å²) in [5, 5.41) is 12.3. The molecule has 3 nitrogen and oxygen atoms in total. The van der Waals surface area contributed by atoms with Gasteiger partial charge < -0.3 is 10.1 Å². The maximum Gasteiger partial charge on any atom is 0.145 e. The molecule has 0 heterocycles. The van der Waals surface area contributed by atoms with E-state index >= 15 is 0 Å². The Bertz CT molecular complexity index is 612. The van der Waals surface area contributed by atoms with Crippen LogP contribution in [0.5, 0.6) is 11.5 Å². The minimum atomic E-state index is 0.310. The molecule has 0 amide bonds. The fourth-order valence-corrected chi connectivity index (χ4v) is 2.18. The van der Waals surface area contributed by atoms with Gasteiger partial charge in [0, 0.05) is 6.04 Å². The molecule has 1 atom stereocenters. The van der Waals surface area contributed by atoms with Crippen LogP contribution in [0.2, 0.25) is 0 Å². The Morgan fingerprint density at radius 2 is 2.00 bits per heavy atom. The molecule has 1 N–H and O–H groups in total. The molecule has 0 aliphatic heterocycles. The molecule has 0 aliphatic rings. The number of nitriles is 1. The fraction of sp³-hybridized carbons (Fsp3) is 0.235. The SMILES string of the molecule is CCC(NC)c1cccc(Oc2ccccc2C#N)c1. The minimum Gasteiger partial charge on any atom is -0.456 e. The van der Waals surface area contributed by atoms with E-state index in [0.717, 1.165) is 12.2 Å². The van der Waals surface area contributed by atoms with Crippen LogP contribution in [0.3, 0.4) is 0 Å². The van der Waals surface area contributed by atoms with Crippen molar-refractivity contribution in [3.63, 3.8) is 0 Å². The molecule has 2 aromatic carbocycles. The lowest BCUT2D eigenvalue weighted by atomic mass is 10.0. The standard InChI is InChI=1S/C17H18N2O/c1-3-16(19-2)13-8-6-9-15(11-13)20-17-10-5-4-7-14(17)12-18/h4-11,16,19H,3H2,1-2H3. The maximum atomic E-state index is 9.08. The molecule has 3 heteroatoms. The van der Waals surface area contributed by atoms with Gasteiger partial charge in [-0.25, -0.2) is 0 Å². The normalized spacial score (nSPS) is 11.7. The third-order valence-electron chi connectivity index (χ3n) is 3.25. The van der Waals surface area contributed by atoms with E-state index in [1.54, 1.807) is 12.1 Å². The van der Waals surface area contributed by atoms with E-state index in [2.05, 4.69) is 24.4 Å². The van der Waals surface area contributed by atoms with Crippen LogP contribution in [0.4, 0.5) is 0 Å². The van der Waals surface area contributed by atoms with Crippen LogP contribution in [-0.2, 0) is 0 Å². The zero-order chi connectivity index (χ0) is 14.4. The van der Waals surface area contributed by atoms with E-state index in [9.17, 15) is 0 Å².